The molecule has 158 valence electrons. The third kappa shape index (κ3) is 4.55. The Morgan fingerprint density at radius 1 is 1.07 bits per heavy atom. The largest absolute Gasteiger partial charge is 1.00 e. The van der Waals surface area contributed by atoms with E-state index in [9.17, 15) is 9.59 Å². The van der Waals surface area contributed by atoms with Gasteiger partial charge in [-0.1, -0.05) is 0 Å². The summed E-state index contributed by atoms with van der Waals surface area (Å²) in [5, 5.41) is 2.79. The maximum atomic E-state index is 12.2. The average Bonchev–Trinajstić information content (AvgIpc) is 3.04. The average molecular weight is 431 g/mol. The van der Waals surface area contributed by atoms with Gasteiger partial charge in [-0.15, -0.1) is 0 Å². The Hall–Kier alpha value is -3.10. The standard InChI is InChI=1S/C21H22N4O4.ClH/c1-15(26)22-17-5-8-20-23(2)19(14-25(20)13-17)16-3-6-18(7-4-16)29-21(27)24-9-11-28-12-10-24;/h3-8,13-14H,9-12H2,1-2H3;1H. The van der Waals surface area contributed by atoms with Crippen LogP contribution in [0.2, 0.25) is 0 Å². The van der Waals surface area contributed by atoms with Crippen LogP contribution in [0.25, 0.3) is 16.9 Å². The summed E-state index contributed by atoms with van der Waals surface area (Å²) in [7, 11) is 1.98. The molecule has 0 unspecified atom stereocenters. The van der Waals surface area contributed by atoms with E-state index in [1.54, 1.807) is 17.0 Å². The molecule has 8 nitrogen and oxygen atoms in total. The molecule has 9 heteroatoms. The van der Waals surface area contributed by atoms with Crippen LogP contribution in [0.3, 0.4) is 0 Å². The maximum Gasteiger partial charge on any atom is 0.415 e. The van der Waals surface area contributed by atoms with E-state index in [1.165, 1.54) is 6.92 Å². The maximum absolute atomic E-state index is 12.2. The second-order valence-electron chi connectivity index (χ2n) is 6.93. The molecule has 1 aliphatic heterocycles. The summed E-state index contributed by atoms with van der Waals surface area (Å²) in [6.07, 6.45) is 3.51. The van der Waals surface area contributed by atoms with E-state index in [-0.39, 0.29) is 24.4 Å². The molecule has 1 saturated heterocycles. The van der Waals surface area contributed by atoms with Gasteiger partial charge in [-0.25, -0.2) is 13.8 Å². The molecule has 1 aromatic carbocycles. The summed E-state index contributed by atoms with van der Waals surface area (Å²) < 4.78 is 14.7. The number of ether oxygens (including phenoxy) is 2. The molecule has 1 fully saturated rings. The fourth-order valence-electron chi connectivity index (χ4n) is 3.39. The summed E-state index contributed by atoms with van der Waals surface area (Å²) in [4.78, 5) is 25.1. The smallest absolute Gasteiger partial charge is 0.415 e. The summed E-state index contributed by atoms with van der Waals surface area (Å²) in [5.74, 6) is 0.396. The molecule has 1 N–H and O–H groups in total. The highest BCUT2D eigenvalue weighted by Gasteiger charge is 2.20. The molecule has 0 aliphatic carbocycles. The van der Waals surface area contributed by atoms with Crippen molar-refractivity contribution in [2.24, 2.45) is 7.05 Å². The lowest BCUT2D eigenvalue weighted by Gasteiger charge is -2.25. The Balaban J connectivity index is 0.00000256. The molecule has 0 radical (unpaired) electrons. The van der Waals surface area contributed by atoms with Gasteiger partial charge in [0, 0.05) is 31.6 Å². The molecular weight excluding hydrogens is 408 g/mol. The van der Waals surface area contributed by atoms with Crippen molar-refractivity contribution in [3.8, 4) is 17.0 Å². The molecule has 3 heterocycles. The van der Waals surface area contributed by atoms with Gasteiger partial charge < -0.3 is 32.1 Å². The van der Waals surface area contributed by atoms with Crippen LogP contribution in [0.15, 0.2) is 48.8 Å². The van der Waals surface area contributed by atoms with E-state index < -0.39 is 0 Å². The van der Waals surface area contributed by atoms with Crippen LogP contribution in [0.1, 0.15) is 6.92 Å². The van der Waals surface area contributed by atoms with Crippen molar-refractivity contribution in [2.45, 2.75) is 6.92 Å². The Morgan fingerprint density at radius 3 is 2.43 bits per heavy atom. The number of hydrogen-bond donors (Lipinski definition) is 1. The van der Waals surface area contributed by atoms with Gasteiger partial charge in [0.2, 0.25) is 5.91 Å². The number of hydrogen-bond acceptors (Lipinski definition) is 4. The van der Waals surface area contributed by atoms with E-state index in [4.69, 9.17) is 9.47 Å². The van der Waals surface area contributed by atoms with Crippen LogP contribution in [0.5, 0.6) is 5.75 Å². The van der Waals surface area contributed by atoms with Gasteiger partial charge in [0.05, 0.1) is 25.9 Å². The Bertz CT molecular complexity index is 1060. The summed E-state index contributed by atoms with van der Waals surface area (Å²) in [5.41, 5.74) is 3.70. The first-order chi connectivity index (χ1) is 14.0. The molecule has 3 aromatic rings. The van der Waals surface area contributed by atoms with E-state index in [0.29, 0.717) is 32.1 Å². The third-order valence-electron chi connectivity index (χ3n) is 4.87. The van der Waals surface area contributed by atoms with Crippen molar-refractivity contribution in [3.63, 3.8) is 0 Å². The molecule has 4 rings (SSSR count). The quantitative estimate of drug-likeness (QED) is 0.553. The zero-order chi connectivity index (χ0) is 20.4. The summed E-state index contributed by atoms with van der Waals surface area (Å²) in [6, 6.07) is 11.2. The van der Waals surface area contributed by atoms with Crippen LogP contribution in [0, 0.1) is 0 Å². The first-order valence-corrected chi connectivity index (χ1v) is 9.44. The molecule has 0 saturated carbocycles. The van der Waals surface area contributed by atoms with Crippen molar-refractivity contribution in [3.05, 3.63) is 48.8 Å². The second kappa shape index (κ2) is 9.15. The SMILES string of the molecule is CC(=O)Nc1ccc2n(C)c(-c3ccc(OC(=O)N4CCOCC4)cc3)c[n+]2c1.[Cl-]. The number of halogens is 1. The van der Waals surface area contributed by atoms with E-state index >= 15 is 0 Å². The summed E-state index contributed by atoms with van der Waals surface area (Å²) in [6.45, 7) is 3.65. The number of nitrogens with zero attached hydrogens (tertiary/aromatic N) is 3. The third-order valence-corrected chi connectivity index (χ3v) is 4.87. The molecule has 30 heavy (non-hydrogen) atoms. The zero-order valence-electron chi connectivity index (χ0n) is 16.8. The number of carbonyl (C=O) groups excluding carboxylic acids is 2. The number of nitrogens with one attached hydrogen (secondary N) is 1. The number of morpholine rings is 1. The lowest BCUT2D eigenvalue weighted by atomic mass is 10.1. The van der Waals surface area contributed by atoms with Crippen molar-refractivity contribution in [2.75, 3.05) is 31.6 Å². The van der Waals surface area contributed by atoms with E-state index in [1.807, 2.05) is 48.1 Å². The first-order valence-electron chi connectivity index (χ1n) is 9.44. The number of imidazole rings is 1. The fourth-order valence-corrected chi connectivity index (χ4v) is 3.39. The number of rotatable bonds is 3. The number of carbonyl (C=O) groups is 2. The van der Waals surface area contributed by atoms with Crippen LogP contribution in [0.4, 0.5) is 10.5 Å². The Labute approximate surface area is 180 Å². The minimum Gasteiger partial charge on any atom is -1.00 e. The predicted molar refractivity (Wildman–Crippen MR) is 107 cm³/mol. The van der Waals surface area contributed by atoms with Crippen molar-refractivity contribution >= 4 is 23.3 Å². The van der Waals surface area contributed by atoms with Gasteiger partial charge in [-0.2, -0.15) is 0 Å². The molecule has 2 aromatic heterocycles. The van der Waals surface area contributed by atoms with Gasteiger partial charge in [0.1, 0.15) is 18.1 Å². The van der Waals surface area contributed by atoms with Gasteiger partial charge in [-0.05, 0) is 30.3 Å². The number of benzene rings is 1. The lowest BCUT2D eigenvalue weighted by molar-refractivity contribution is -0.509. The van der Waals surface area contributed by atoms with Crippen LogP contribution < -0.4 is 26.9 Å². The van der Waals surface area contributed by atoms with Crippen molar-refractivity contribution < 1.29 is 35.9 Å². The minimum absolute atomic E-state index is 0. The Kier molecular flexibility index (Phi) is 6.59. The van der Waals surface area contributed by atoms with E-state index in [0.717, 1.165) is 22.6 Å². The van der Waals surface area contributed by atoms with Crippen LogP contribution in [-0.4, -0.2) is 47.8 Å². The highest BCUT2D eigenvalue weighted by molar-refractivity contribution is 5.88. The van der Waals surface area contributed by atoms with Gasteiger partial charge in [0.15, 0.2) is 5.69 Å². The van der Waals surface area contributed by atoms with Crippen LogP contribution in [-0.2, 0) is 16.6 Å². The van der Waals surface area contributed by atoms with Gasteiger partial charge in [-0.3, -0.25) is 4.79 Å². The van der Waals surface area contributed by atoms with Gasteiger partial charge in [0.25, 0.3) is 5.65 Å². The minimum atomic E-state index is -0.355. The first kappa shape index (κ1) is 21.6. The number of pyridine rings is 1. The summed E-state index contributed by atoms with van der Waals surface area (Å²) >= 11 is 0. The predicted octanol–water partition coefficient (Wildman–Crippen LogP) is -0.776. The normalized spacial score (nSPS) is 13.6. The van der Waals surface area contributed by atoms with Crippen molar-refractivity contribution in [1.82, 2.24) is 9.47 Å². The fraction of sp³-hybridized carbons (Fsp3) is 0.286. The Morgan fingerprint density at radius 2 is 1.77 bits per heavy atom. The second-order valence-corrected chi connectivity index (χ2v) is 6.93. The van der Waals surface area contributed by atoms with Crippen LogP contribution >= 0.6 is 0 Å². The monoisotopic (exact) mass is 430 g/mol. The zero-order valence-corrected chi connectivity index (χ0v) is 17.6. The topological polar surface area (TPSA) is 76.9 Å². The highest BCUT2D eigenvalue weighted by atomic mass is 35.5. The number of aryl methyl sites for hydroxylation is 1. The molecular formula is C21H23ClN4O4. The highest BCUT2D eigenvalue weighted by Crippen LogP contribution is 2.23. The lowest BCUT2D eigenvalue weighted by Crippen LogP contribution is -3.00. The molecule has 1 aliphatic rings. The number of anilines is 1. The van der Waals surface area contributed by atoms with E-state index in [2.05, 4.69) is 9.88 Å². The number of fused-ring (bicyclic) bond motifs is 1. The number of aromatic nitrogens is 2. The molecule has 0 spiro atoms. The molecule has 0 bridgehead atoms. The number of amides is 2. The molecule has 0 atom stereocenters. The van der Waals surface area contributed by atoms with Gasteiger partial charge >= 0.3 is 6.09 Å². The van der Waals surface area contributed by atoms with Crippen molar-refractivity contribution in [1.29, 1.82) is 0 Å². The molecule has 2 amide bonds.